The molecule has 2 nitrogen and oxygen atoms in total. The Morgan fingerprint density at radius 1 is 1.24 bits per heavy atom. The summed E-state index contributed by atoms with van der Waals surface area (Å²) >= 11 is 0. The number of nitrogens with one attached hydrogen (secondary N) is 1. The molecule has 0 aliphatic carbocycles. The minimum atomic E-state index is 0.497. The molecule has 1 atom stereocenters. The van der Waals surface area contributed by atoms with Crippen LogP contribution in [0.25, 0.3) is 0 Å². The summed E-state index contributed by atoms with van der Waals surface area (Å²) in [6.07, 6.45) is 5.14. The van der Waals surface area contributed by atoms with Crippen LogP contribution in [-0.4, -0.2) is 19.3 Å². The van der Waals surface area contributed by atoms with Crippen molar-refractivity contribution in [2.45, 2.75) is 44.7 Å². The van der Waals surface area contributed by atoms with Crippen molar-refractivity contribution in [1.29, 1.82) is 0 Å². The molecule has 0 amide bonds. The summed E-state index contributed by atoms with van der Waals surface area (Å²) in [6.45, 7) is 4.00. The molecular formula is C15H23NO. The summed E-state index contributed by atoms with van der Waals surface area (Å²) < 4.78 is 5.23. The summed E-state index contributed by atoms with van der Waals surface area (Å²) in [7, 11) is 0. The van der Waals surface area contributed by atoms with Gasteiger partial charge in [-0.05, 0) is 12.0 Å². The van der Waals surface area contributed by atoms with E-state index in [9.17, 15) is 0 Å². The maximum absolute atomic E-state index is 5.23. The molecule has 17 heavy (non-hydrogen) atoms. The zero-order valence-electron chi connectivity index (χ0n) is 10.7. The van der Waals surface area contributed by atoms with E-state index < -0.39 is 0 Å². The lowest BCUT2D eigenvalue weighted by Gasteiger charge is -2.32. The number of unbranched alkanes of at least 4 members (excludes halogenated alkanes) is 2. The molecule has 1 fully saturated rings. The summed E-state index contributed by atoms with van der Waals surface area (Å²) in [4.78, 5) is 0. The largest absolute Gasteiger partial charge is 0.378 e. The molecule has 1 heterocycles. The quantitative estimate of drug-likeness (QED) is 0.730. The van der Waals surface area contributed by atoms with E-state index in [0.717, 1.165) is 13.2 Å². The molecule has 1 N–H and O–H groups in total. The van der Waals surface area contributed by atoms with Gasteiger partial charge in [0.25, 0.3) is 0 Å². The first-order valence-electron chi connectivity index (χ1n) is 6.79. The van der Waals surface area contributed by atoms with Gasteiger partial charge in [0.2, 0.25) is 0 Å². The molecule has 1 aliphatic heterocycles. The normalized spacial score (nSPS) is 17.7. The number of ether oxygens (including phenoxy) is 1. The molecule has 0 spiro atoms. The van der Waals surface area contributed by atoms with Crippen molar-refractivity contribution < 1.29 is 4.74 Å². The van der Waals surface area contributed by atoms with E-state index in [-0.39, 0.29) is 0 Å². The summed E-state index contributed by atoms with van der Waals surface area (Å²) in [5.41, 5.74) is 1.41. The molecule has 1 aromatic rings. The van der Waals surface area contributed by atoms with Gasteiger partial charge in [-0.2, -0.15) is 0 Å². The molecule has 1 aliphatic rings. The third-order valence-electron chi connectivity index (χ3n) is 3.37. The lowest BCUT2D eigenvalue weighted by molar-refractivity contribution is -0.0107. The van der Waals surface area contributed by atoms with Gasteiger partial charge in [0.05, 0.1) is 19.3 Å². The van der Waals surface area contributed by atoms with Crippen LogP contribution in [0.15, 0.2) is 30.3 Å². The van der Waals surface area contributed by atoms with Gasteiger partial charge >= 0.3 is 0 Å². The summed E-state index contributed by atoms with van der Waals surface area (Å²) in [6, 6.07) is 11.8. The van der Waals surface area contributed by atoms with Crippen LogP contribution in [0.3, 0.4) is 0 Å². The summed E-state index contributed by atoms with van der Waals surface area (Å²) in [5.74, 6) is 0. The van der Waals surface area contributed by atoms with Crippen molar-refractivity contribution in [3.8, 4) is 0 Å². The van der Waals surface area contributed by atoms with Gasteiger partial charge < -0.3 is 10.1 Å². The van der Waals surface area contributed by atoms with Crippen LogP contribution in [0.4, 0.5) is 0 Å². The second kappa shape index (κ2) is 6.77. The fraction of sp³-hybridized carbons (Fsp3) is 0.600. The molecule has 1 saturated heterocycles. The van der Waals surface area contributed by atoms with Crippen molar-refractivity contribution >= 4 is 0 Å². The van der Waals surface area contributed by atoms with Crippen LogP contribution < -0.4 is 5.32 Å². The standard InChI is InChI=1S/C15H23NO/c1-2-3-5-10-15(16-14-11-17-12-14)13-8-6-4-7-9-13/h4,6-9,14-16H,2-3,5,10-12H2,1H3. The lowest BCUT2D eigenvalue weighted by Crippen LogP contribution is -2.47. The average Bonchev–Trinajstić information content (AvgIpc) is 2.32. The first-order chi connectivity index (χ1) is 8.40. The Labute approximate surface area is 104 Å². The SMILES string of the molecule is CCCCCC(NC1COC1)c1ccccc1. The highest BCUT2D eigenvalue weighted by molar-refractivity contribution is 5.19. The Morgan fingerprint density at radius 2 is 2.00 bits per heavy atom. The van der Waals surface area contributed by atoms with E-state index in [4.69, 9.17) is 4.74 Å². The second-order valence-electron chi connectivity index (χ2n) is 4.86. The Hall–Kier alpha value is -0.860. The van der Waals surface area contributed by atoms with Crippen molar-refractivity contribution in [3.05, 3.63) is 35.9 Å². The van der Waals surface area contributed by atoms with Crippen LogP contribution in [0, 0.1) is 0 Å². The molecule has 1 aromatic carbocycles. The highest BCUT2D eigenvalue weighted by atomic mass is 16.5. The van der Waals surface area contributed by atoms with E-state index in [1.165, 1.54) is 31.2 Å². The molecule has 2 rings (SSSR count). The minimum Gasteiger partial charge on any atom is -0.378 e. The molecule has 2 heteroatoms. The van der Waals surface area contributed by atoms with E-state index in [0.29, 0.717) is 12.1 Å². The number of hydrogen-bond donors (Lipinski definition) is 1. The average molecular weight is 233 g/mol. The van der Waals surface area contributed by atoms with Gasteiger partial charge in [0, 0.05) is 6.04 Å². The maximum atomic E-state index is 5.23. The monoisotopic (exact) mass is 233 g/mol. The second-order valence-corrected chi connectivity index (χ2v) is 4.86. The molecule has 0 saturated carbocycles. The highest BCUT2D eigenvalue weighted by Gasteiger charge is 2.22. The van der Waals surface area contributed by atoms with Crippen molar-refractivity contribution in [2.24, 2.45) is 0 Å². The first-order valence-corrected chi connectivity index (χ1v) is 6.79. The van der Waals surface area contributed by atoms with Gasteiger partial charge in [0.15, 0.2) is 0 Å². The maximum Gasteiger partial charge on any atom is 0.0643 e. The molecule has 0 bridgehead atoms. The van der Waals surface area contributed by atoms with Crippen LogP contribution in [0.5, 0.6) is 0 Å². The van der Waals surface area contributed by atoms with Crippen LogP contribution in [-0.2, 0) is 4.74 Å². The number of benzene rings is 1. The molecule has 0 radical (unpaired) electrons. The van der Waals surface area contributed by atoms with Gasteiger partial charge in [0.1, 0.15) is 0 Å². The fourth-order valence-corrected chi connectivity index (χ4v) is 2.25. The van der Waals surface area contributed by atoms with Crippen LogP contribution in [0.2, 0.25) is 0 Å². The fourth-order valence-electron chi connectivity index (χ4n) is 2.25. The number of hydrogen-bond acceptors (Lipinski definition) is 2. The Balaban J connectivity index is 1.91. The zero-order valence-corrected chi connectivity index (χ0v) is 10.7. The first kappa shape index (κ1) is 12.6. The van der Waals surface area contributed by atoms with Gasteiger partial charge in [-0.25, -0.2) is 0 Å². The van der Waals surface area contributed by atoms with Crippen LogP contribution in [0.1, 0.15) is 44.2 Å². The minimum absolute atomic E-state index is 0.497. The predicted octanol–water partition coefficient (Wildman–Crippen LogP) is 3.30. The van der Waals surface area contributed by atoms with E-state index in [2.05, 4.69) is 42.6 Å². The Morgan fingerprint density at radius 3 is 2.59 bits per heavy atom. The molecule has 0 aromatic heterocycles. The molecular weight excluding hydrogens is 210 g/mol. The van der Waals surface area contributed by atoms with Gasteiger partial charge in [-0.3, -0.25) is 0 Å². The smallest absolute Gasteiger partial charge is 0.0643 e. The van der Waals surface area contributed by atoms with Crippen molar-refractivity contribution in [1.82, 2.24) is 5.32 Å². The Bertz CT molecular complexity index is 308. The van der Waals surface area contributed by atoms with Crippen LogP contribution >= 0.6 is 0 Å². The molecule has 94 valence electrons. The Kier molecular flexibility index (Phi) is 5.02. The summed E-state index contributed by atoms with van der Waals surface area (Å²) in [5, 5.41) is 3.70. The van der Waals surface area contributed by atoms with Gasteiger partial charge in [-0.15, -0.1) is 0 Å². The molecule has 1 unspecified atom stereocenters. The lowest BCUT2D eigenvalue weighted by atomic mass is 9.99. The van der Waals surface area contributed by atoms with Crippen molar-refractivity contribution in [2.75, 3.05) is 13.2 Å². The highest BCUT2D eigenvalue weighted by Crippen LogP contribution is 2.21. The van der Waals surface area contributed by atoms with Crippen molar-refractivity contribution in [3.63, 3.8) is 0 Å². The zero-order chi connectivity index (χ0) is 11.9. The number of rotatable bonds is 7. The third kappa shape index (κ3) is 3.83. The van der Waals surface area contributed by atoms with E-state index in [1.54, 1.807) is 0 Å². The predicted molar refractivity (Wildman–Crippen MR) is 71.1 cm³/mol. The van der Waals surface area contributed by atoms with Gasteiger partial charge in [-0.1, -0.05) is 56.5 Å². The van der Waals surface area contributed by atoms with E-state index in [1.807, 2.05) is 0 Å². The third-order valence-corrected chi connectivity index (χ3v) is 3.37. The van der Waals surface area contributed by atoms with E-state index >= 15 is 0 Å². The topological polar surface area (TPSA) is 21.3 Å².